The van der Waals surface area contributed by atoms with Gasteiger partial charge >= 0.3 is 5.97 Å². The van der Waals surface area contributed by atoms with Crippen LogP contribution in [0.3, 0.4) is 0 Å². The Morgan fingerprint density at radius 3 is 2.35 bits per heavy atom. The molecule has 2 aromatic carbocycles. The van der Waals surface area contributed by atoms with Crippen molar-refractivity contribution in [2.75, 3.05) is 16.3 Å². The number of nitrogens with zero attached hydrogens (tertiary/aromatic N) is 2. The molecule has 2 fully saturated rings. The van der Waals surface area contributed by atoms with Crippen LogP contribution in [0.1, 0.15) is 24.8 Å². The van der Waals surface area contributed by atoms with Gasteiger partial charge in [0.1, 0.15) is 5.75 Å². The Labute approximate surface area is 201 Å². The van der Waals surface area contributed by atoms with Gasteiger partial charge in [-0.15, -0.1) is 0 Å². The lowest BCUT2D eigenvalue weighted by Gasteiger charge is -2.19. The minimum absolute atomic E-state index is 0.0516. The van der Waals surface area contributed by atoms with Crippen LogP contribution in [0.2, 0.25) is 5.02 Å². The largest absolute Gasteiger partial charge is 0.426 e. The molecule has 0 radical (unpaired) electrons. The summed E-state index contributed by atoms with van der Waals surface area (Å²) in [6.45, 7) is 1.98. The summed E-state index contributed by atoms with van der Waals surface area (Å²) in [5, 5.41) is 0.511. The predicted molar refractivity (Wildman–Crippen MR) is 127 cm³/mol. The number of fused-ring (bicyclic) bond motifs is 1. The summed E-state index contributed by atoms with van der Waals surface area (Å²) in [5.74, 6) is -1.96. The van der Waals surface area contributed by atoms with Gasteiger partial charge in [0.2, 0.25) is 17.7 Å². The number of anilines is 2. The standard InChI is InChI=1S/C26H23ClN2O5/c1-15-11-19(9-10-22(15)29-24(31)20-7-2-3-8-21(20)25(29)32)34-26(33)16-12-23(30)28(14-16)18-6-4-5-17(27)13-18/h2-6,9-11,13,16,20-21H,7-8,12,14H2,1H3/t16-,20-,21-/m1/s1. The van der Waals surface area contributed by atoms with E-state index in [9.17, 15) is 19.2 Å². The fraction of sp³-hybridized carbons (Fsp3) is 0.308. The quantitative estimate of drug-likeness (QED) is 0.286. The highest BCUT2D eigenvalue weighted by Crippen LogP contribution is 2.39. The molecule has 3 atom stereocenters. The van der Waals surface area contributed by atoms with Crippen molar-refractivity contribution in [2.45, 2.75) is 26.2 Å². The molecule has 0 bridgehead atoms. The number of halogens is 1. The number of benzene rings is 2. The van der Waals surface area contributed by atoms with E-state index in [1.54, 1.807) is 49.4 Å². The fourth-order valence-corrected chi connectivity index (χ4v) is 5.12. The smallest absolute Gasteiger partial charge is 0.316 e. The lowest BCUT2D eigenvalue weighted by atomic mass is 9.85. The van der Waals surface area contributed by atoms with E-state index in [1.165, 1.54) is 9.80 Å². The highest BCUT2D eigenvalue weighted by molar-refractivity contribution is 6.31. The number of esters is 1. The van der Waals surface area contributed by atoms with Crippen molar-refractivity contribution in [3.05, 3.63) is 65.2 Å². The third-order valence-electron chi connectivity index (χ3n) is 6.71. The number of amides is 3. The topological polar surface area (TPSA) is 84.0 Å². The third-order valence-corrected chi connectivity index (χ3v) is 6.95. The van der Waals surface area contributed by atoms with Crippen molar-refractivity contribution >= 4 is 46.7 Å². The van der Waals surface area contributed by atoms with Crippen LogP contribution >= 0.6 is 11.6 Å². The van der Waals surface area contributed by atoms with Crippen LogP contribution in [0.15, 0.2) is 54.6 Å². The Balaban J connectivity index is 1.28. The number of ether oxygens (including phenoxy) is 1. The van der Waals surface area contributed by atoms with Crippen LogP contribution in [0, 0.1) is 24.7 Å². The number of hydrogen-bond donors (Lipinski definition) is 0. The summed E-state index contributed by atoms with van der Waals surface area (Å²) in [6, 6.07) is 11.8. The van der Waals surface area contributed by atoms with Crippen molar-refractivity contribution in [3.63, 3.8) is 0 Å². The molecule has 2 aliphatic heterocycles. The molecule has 2 aromatic rings. The molecule has 5 rings (SSSR count). The molecule has 0 N–H and O–H groups in total. The number of aryl methyl sites for hydroxylation is 1. The van der Waals surface area contributed by atoms with Crippen LogP contribution in [0.4, 0.5) is 11.4 Å². The first-order valence-electron chi connectivity index (χ1n) is 11.2. The molecule has 0 saturated carbocycles. The lowest BCUT2D eigenvalue weighted by Crippen LogP contribution is -2.31. The molecule has 2 saturated heterocycles. The summed E-state index contributed by atoms with van der Waals surface area (Å²) in [4.78, 5) is 53.8. The lowest BCUT2D eigenvalue weighted by molar-refractivity contribution is -0.139. The highest BCUT2D eigenvalue weighted by atomic mass is 35.5. The molecule has 3 aliphatic rings. The van der Waals surface area contributed by atoms with E-state index in [4.69, 9.17) is 16.3 Å². The van der Waals surface area contributed by atoms with E-state index in [0.717, 1.165) is 0 Å². The summed E-state index contributed by atoms with van der Waals surface area (Å²) < 4.78 is 5.56. The van der Waals surface area contributed by atoms with E-state index >= 15 is 0 Å². The summed E-state index contributed by atoms with van der Waals surface area (Å²) >= 11 is 6.03. The molecule has 34 heavy (non-hydrogen) atoms. The number of imide groups is 1. The van der Waals surface area contributed by atoms with E-state index in [-0.39, 0.29) is 42.5 Å². The van der Waals surface area contributed by atoms with Crippen molar-refractivity contribution in [1.82, 2.24) is 0 Å². The first-order valence-corrected chi connectivity index (χ1v) is 11.6. The average Bonchev–Trinajstić information content (AvgIpc) is 3.32. The van der Waals surface area contributed by atoms with Crippen LogP contribution < -0.4 is 14.5 Å². The van der Waals surface area contributed by atoms with Gasteiger partial charge in [-0.05, 0) is 61.7 Å². The molecule has 0 unspecified atom stereocenters. The summed E-state index contributed by atoms with van der Waals surface area (Å²) in [6.07, 6.45) is 5.11. The first-order chi connectivity index (χ1) is 16.3. The van der Waals surface area contributed by atoms with E-state index in [2.05, 4.69) is 0 Å². The van der Waals surface area contributed by atoms with Gasteiger partial charge in [0.15, 0.2) is 0 Å². The van der Waals surface area contributed by atoms with E-state index in [0.29, 0.717) is 40.6 Å². The second-order valence-electron chi connectivity index (χ2n) is 8.92. The van der Waals surface area contributed by atoms with E-state index < -0.39 is 11.9 Å². The van der Waals surface area contributed by atoms with E-state index in [1.807, 2.05) is 12.2 Å². The molecule has 1 aliphatic carbocycles. The Morgan fingerprint density at radius 1 is 1.00 bits per heavy atom. The third kappa shape index (κ3) is 3.90. The van der Waals surface area contributed by atoms with Crippen molar-refractivity contribution < 1.29 is 23.9 Å². The second kappa shape index (κ2) is 8.72. The molecule has 7 nitrogen and oxygen atoms in total. The van der Waals surface area contributed by atoms with Crippen molar-refractivity contribution in [1.29, 1.82) is 0 Å². The van der Waals surface area contributed by atoms with Gasteiger partial charge in [-0.2, -0.15) is 0 Å². The van der Waals surface area contributed by atoms with Crippen LogP contribution in [-0.4, -0.2) is 30.2 Å². The molecule has 0 aromatic heterocycles. The average molecular weight is 479 g/mol. The second-order valence-corrected chi connectivity index (χ2v) is 9.36. The molecular weight excluding hydrogens is 456 g/mol. The van der Waals surface area contributed by atoms with Gasteiger partial charge in [0.25, 0.3) is 0 Å². The minimum atomic E-state index is -0.608. The van der Waals surface area contributed by atoms with Crippen LogP contribution in [-0.2, 0) is 19.2 Å². The van der Waals surface area contributed by atoms with Crippen molar-refractivity contribution in [2.24, 2.45) is 17.8 Å². The maximum Gasteiger partial charge on any atom is 0.316 e. The number of carbonyl (C=O) groups is 4. The fourth-order valence-electron chi connectivity index (χ4n) is 4.94. The Bertz CT molecular complexity index is 1210. The molecular formula is C26H23ClN2O5. The number of hydrogen-bond acceptors (Lipinski definition) is 5. The Kier molecular flexibility index (Phi) is 5.73. The summed E-state index contributed by atoms with van der Waals surface area (Å²) in [7, 11) is 0. The van der Waals surface area contributed by atoms with Gasteiger partial charge in [-0.1, -0.05) is 29.8 Å². The first kappa shape index (κ1) is 22.3. The van der Waals surface area contributed by atoms with Crippen LogP contribution in [0.5, 0.6) is 5.75 Å². The number of carbonyl (C=O) groups excluding carboxylic acids is 4. The van der Waals surface area contributed by atoms with Gasteiger partial charge in [-0.25, -0.2) is 4.90 Å². The van der Waals surface area contributed by atoms with Gasteiger partial charge in [-0.3, -0.25) is 19.2 Å². The predicted octanol–water partition coefficient (Wildman–Crippen LogP) is 4.06. The molecule has 8 heteroatoms. The van der Waals surface area contributed by atoms with Crippen LogP contribution in [0.25, 0.3) is 0 Å². The minimum Gasteiger partial charge on any atom is -0.426 e. The van der Waals surface area contributed by atoms with Gasteiger partial charge in [0, 0.05) is 23.7 Å². The van der Waals surface area contributed by atoms with Crippen molar-refractivity contribution in [3.8, 4) is 5.75 Å². The Morgan fingerprint density at radius 2 is 1.71 bits per heavy atom. The molecule has 174 valence electrons. The maximum atomic E-state index is 12.9. The zero-order valence-electron chi connectivity index (χ0n) is 18.6. The monoisotopic (exact) mass is 478 g/mol. The molecule has 3 amide bonds. The normalized spacial score (nSPS) is 24.1. The Hall–Kier alpha value is -3.45. The molecule has 0 spiro atoms. The maximum absolute atomic E-state index is 12.9. The zero-order chi connectivity index (χ0) is 24.0. The summed E-state index contributed by atoms with van der Waals surface area (Å²) in [5.41, 5.74) is 1.80. The van der Waals surface area contributed by atoms with Gasteiger partial charge < -0.3 is 9.64 Å². The zero-order valence-corrected chi connectivity index (χ0v) is 19.3. The number of allylic oxidation sites excluding steroid dienone is 2. The SMILES string of the molecule is Cc1cc(OC(=O)[C@@H]2CC(=O)N(c3cccc(Cl)c3)C2)ccc1N1C(=O)[C@@H]2CC=CC[C@H]2C1=O. The van der Waals surface area contributed by atoms with Gasteiger partial charge in [0.05, 0.1) is 23.4 Å². The number of rotatable bonds is 4. The highest BCUT2D eigenvalue weighted by Gasteiger charge is 2.48. The molecule has 2 heterocycles.